The molecule has 2 fully saturated rings. The van der Waals surface area contributed by atoms with Crippen LogP contribution in [0.4, 0.5) is 0 Å². The molecule has 2 aliphatic rings. The van der Waals surface area contributed by atoms with Crippen molar-refractivity contribution in [1.82, 2.24) is 4.98 Å². The Morgan fingerprint density at radius 2 is 1.50 bits per heavy atom. The number of aromatic nitrogens is 1. The second-order valence-corrected chi connectivity index (χ2v) is 14.7. The number of rotatable bonds is 7. The predicted molar refractivity (Wildman–Crippen MR) is 195 cm³/mol. The van der Waals surface area contributed by atoms with Crippen LogP contribution < -0.4 is 0 Å². The topological polar surface area (TPSA) is 63.3 Å². The van der Waals surface area contributed by atoms with Crippen LogP contribution in [0.15, 0.2) is 71.0 Å². The summed E-state index contributed by atoms with van der Waals surface area (Å²) < 4.78 is 6.52. The maximum Gasteiger partial charge on any atom is 0.161 e. The van der Waals surface area contributed by atoms with Crippen LogP contribution in [0.3, 0.4) is 0 Å². The van der Waals surface area contributed by atoms with E-state index in [9.17, 15) is 9.90 Å². The van der Waals surface area contributed by atoms with E-state index in [1.54, 1.807) is 0 Å². The van der Waals surface area contributed by atoms with Gasteiger partial charge in [0.25, 0.3) is 0 Å². The fourth-order valence-corrected chi connectivity index (χ4v) is 7.34. The molecule has 5 aromatic rings. The molecule has 0 bridgehead atoms. The van der Waals surface area contributed by atoms with E-state index < -0.39 is 0 Å². The van der Waals surface area contributed by atoms with Gasteiger partial charge in [0.15, 0.2) is 5.78 Å². The van der Waals surface area contributed by atoms with Crippen LogP contribution in [-0.4, -0.2) is 15.9 Å². The second kappa shape index (κ2) is 15.5. The summed E-state index contributed by atoms with van der Waals surface area (Å²) in [6.07, 6.45) is 13.9. The normalized spacial score (nSPS) is 16.0. The maximum atomic E-state index is 11.0. The van der Waals surface area contributed by atoms with Gasteiger partial charge in [-0.1, -0.05) is 115 Å². The number of para-hydroxylation sites is 1. The van der Waals surface area contributed by atoms with Gasteiger partial charge in [-0.3, -0.25) is 4.79 Å². The van der Waals surface area contributed by atoms with Gasteiger partial charge in [-0.05, 0) is 77.1 Å². The Labute approximate surface area is 299 Å². The van der Waals surface area contributed by atoms with Crippen molar-refractivity contribution >= 4 is 38.5 Å². The van der Waals surface area contributed by atoms with Crippen LogP contribution in [0.5, 0.6) is 0 Å². The maximum absolute atomic E-state index is 11.0. The van der Waals surface area contributed by atoms with Gasteiger partial charge in [-0.15, -0.1) is 17.7 Å². The molecule has 0 aliphatic heterocycles. The molecule has 2 heterocycles. The van der Waals surface area contributed by atoms with Crippen molar-refractivity contribution in [1.29, 1.82) is 0 Å². The van der Waals surface area contributed by atoms with E-state index in [4.69, 9.17) is 9.40 Å². The molecule has 2 aromatic heterocycles. The Kier molecular flexibility index (Phi) is 11.6. The summed E-state index contributed by atoms with van der Waals surface area (Å²) in [5.41, 5.74) is 8.06. The number of hydrogen-bond donors (Lipinski definition) is 1. The number of carbonyl (C=O) groups is 1. The smallest absolute Gasteiger partial charge is 0.161 e. The summed E-state index contributed by atoms with van der Waals surface area (Å²) >= 11 is 0. The molecule has 2 saturated carbocycles. The summed E-state index contributed by atoms with van der Waals surface area (Å²) in [5.74, 6) is 1.86. The molecular weight excluding hydrogens is 771 g/mol. The van der Waals surface area contributed by atoms with Gasteiger partial charge >= 0.3 is 0 Å². The number of pyridine rings is 1. The number of ketones is 1. The molecule has 1 N–H and O–H groups in total. The van der Waals surface area contributed by atoms with Gasteiger partial charge in [0.1, 0.15) is 5.58 Å². The average Bonchev–Trinajstić information content (AvgIpc) is 3.85. The van der Waals surface area contributed by atoms with E-state index in [0.29, 0.717) is 17.8 Å². The first-order valence-electron chi connectivity index (χ1n) is 17.9. The molecule has 1 radical (unpaired) electrons. The molecule has 3 aromatic carbocycles. The fourth-order valence-electron chi connectivity index (χ4n) is 7.34. The number of allylic oxidation sites excluding steroid dienone is 2. The van der Waals surface area contributed by atoms with Gasteiger partial charge in [-0.2, -0.15) is 0 Å². The number of aliphatic hydroxyl groups excluding tert-OH is 1. The number of nitrogens with zero attached hydrogens (tertiary/aromatic N) is 1. The van der Waals surface area contributed by atoms with Gasteiger partial charge < -0.3 is 14.5 Å². The summed E-state index contributed by atoms with van der Waals surface area (Å²) in [5, 5.41) is 14.2. The van der Waals surface area contributed by atoms with Crippen molar-refractivity contribution in [2.75, 3.05) is 0 Å². The van der Waals surface area contributed by atoms with Crippen LogP contribution in [0.25, 0.3) is 44.0 Å². The molecule has 255 valence electrons. The van der Waals surface area contributed by atoms with Gasteiger partial charge in [0.2, 0.25) is 0 Å². The SMILES string of the molecule is CC(C)C(=O)/C=C(\O)C(C)C.CC(C)c1cnc(-c2[c-]c(C3CCCC3)cc3c2oc2ccccc23)c2ccc(C3CCCC3)cc12.[Ir]. The Morgan fingerprint density at radius 3 is 2.15 bits per heavy atom. The minimum Gasteiger partial charge on any atom is -0.512 e. The first-order valence-corrected chi connectivity index (χ1v) is 17.9. The van der Waals surface area contributed by atoms with E-state index in [1.807, 2.05) is 27.7 Å². The molecule has 4 nitrogen and oxygen atoms in total. The van der Waals surface area contributed by atoms with E-state index in [1.165, 1.54) is 95.7 Å². The van der Waals surface area contributed by atoms with Crippen molar-refractivity contribution in [3.8, 4) is 11.3 Å². The van der Waals surface area contributed by atoms with Crippen LogP contribution in [0, 0.1) is 17.9 Å². The second-order valence-electron chi connectivity index (χ2n) is 14.7. The largest absolute Gasteiger partial charge is 0.512 e. The zero-order valence-corrected chi connectivity index (χ0v) is 31.8. The minimum atomic E-state index is -0.0316. The zero-order chi connectivity index (χ0) is 33.2. The van der Waals surface area contributed by atoms with Crippen molar-refractivity contribution in [3.05, 3.63) is 89.3 Å². The first-order chi connectivity index (χ1) is 22.6. The van der Waals surface area contributed by atoms with E-state index in [2.05, 4.69) is 74.6 Å². The van der Waals surface area contributed by atoms with Gasteiger partial charge in [0.05, 0.1) is 11.3 Å². The third-order valence-electron chi connectivity index (χ3n) is 10.3. The van der Waals surface area contributed by atoms with Crippen LogP contribution >= 0.6 is 0 Å². The quantitative estimate of drug-likeness (QED) is 0.101. The van der Waals surface area contributed by atoms with Gasteiger partial charge in [0, 0.05) is 49.6 Å². The minimum absolute atomic E-state index is 0. The standard InChI is InChI=1S/C34H34NO.C9H16O2.Ir/c1-21(2)31-20-35-33(27-16-15-24(17-28(27)31)22-9-3-4-10-22)30-19-25(23-11-5-6-12-23)18-29-26-13-7-8-14-32(26)36-34(29)30;1-6(2)8(10)5-9(11)7(3)4;/h7-8,13-18,20-23H,3-6,9-12H2,1-2H3;5-7,10H,1-4H3;/q-1;;/b;8-5-;. The molecule has 0 amide bonds. The average molecular weight is 821 g/mol. The van der Waals surface area contributed by atoms with E-state index in [-0.39, 0.29) is 43.5 Å². The Hall–Kier alpha value is -3.27. The third-order valence-corrected chi connectivity index (χ3v) is 10.3. The molecule has 0 atom stereocenters. The summed E-state index contributed by atoms with van der Waals surface area (Å²) in [7, 11) is 0. The number of fused-ring (bicyclic) bond motifs is 4. The number of furan rings is 1. The van der Waals surface area contributed by atoms with Crippen molar-refractivity contribution in [3.63, 3.8) is 0 Å². The molecule has 48 heavy (non-hydrogen) atoms. The van der Waals surface area contributed by atoms with E-state index in [0.717, 1.165) is 22.4 Å². The Balaban J connectivity index is 0.000000327. The van der Waals surface area contributed by atoms with Crippen LogP contribution in [0.1, 0.15) is 127 Å². The number of hydrogen-bond acceptors (Lipinski definition) is 4. The Morgan fingerprint density at radius 1 is 0.833 bits per heavy atom. The molecular formula is C43H50IrNO3-. The number of benzene rings is 3. The summed E-state index contributed by atoms with van der Waals surface area (Å²) in [4.78, 5) is 16.1. The molecule has 0 saturated heterocycles. The molecule has 2 aliphatic carbocycles. The van der Waals surface area contributed by atoms with Crippen LogP contribution in [-0.2, 0) is 24.9 Å². The van der Waals surface area contributed by atoms with Crippen LogP contribution in [0.2, 0.25) is 0 Å². The summed E-state index contributed by atoms with van der Waals surface area (Å²) in [6, 6.07) is 21.8. The van der Waals surface area contributed by atoms with Gasteiger partial charge in [-0.25, -0.2) is 0 Å². The molecule has 7 rings (SSSR count). The Bertz CT molecular complexity index is 1920. The van der Waals surface area contributed by atoms with Crippen molar-refractivity contribution in [2.45, 2.75) is 111 Å². The molecule has 0 unspecified atom stereocenters. The zero-order valence-electron chi connectivity index (χ0n) is 29.4. The summed E-state index contributed by atoms with van der Waals surface area (Å²) in [6.45, 7) is 11.9. The monoisotopic (exact) mass is 821 g/mol. The first kappa shape index (κ1) is 36.0. The molecule has 5 heteroatoms. The van der Waals surface area contributed by atoms with E-state index >= 15 is 0 Å². The van der Waals surface area contributed by atoms with Crippen molar-refractivity contribution in [2.24, 2.45) is 11.8 Å². The third kappa shape index (κ3) is 7.48. The fraction of sp³-hybridized carbons (Fsp3) is 0.442. The number of aliphatic hydroxyl groups is 1. The van der Waals surface area contributed by atoms with Crippen molar-refractivity contribution < 1.29 is 34.4 Å². The predicted octanol–water partition coefficient (Wildman–Crippen LogP) is 12.3. The number of carbonyl (C=O) groups excluding carboxylic acids is 1. The molecule has 0 spiro atoms.